The molecule has 0 bridgehead atoms. The lowest BCUT2D eigenvalue weighted by molar-refractivity contribution is 0.432. The maximum absolute atomic E-state index is 5.83. The van der Waals surface area contributed by atoms with Crippen LogP contribution < -0.4 is 4.90 Å². The van der Waals surface area contributed by atoms with Gasteiger partial charge in [-0.25, -0.2) is 0 Å². The van der Waals surface area contributed by atoms with E-state index < -0.39 is 0 Å². The molecule has 2 heterocycles. The number of anilines is 3. The zero-order valence-corrected chi connectivity index (χ0v) is 23.2. The minimum absolute atomic E-state index is 0.470. The SMILES string of the molecule is c1ccc(-c2noc(-c3ccccc3N(c3ccccc3)c3ccc(-n4c5ccccc5c5ccccc54)cc3)n2)cc1. The number of aromatic nitrogens is 3. The van der Waals surface area contributed by atoms with Gasteiger partial charge in [0.05, 0.1) is 22.3 Å². The molecule has 0 saturated heterocycles. The van der Waals surface area contributed by atoms with E-state index in [1.807, 2.05) is 54.6 Å². The summed E-state index contributed by atoms with van der Waals surface area (Å²) in [7, 11) is 0. The molecule has 0 radical (unpaired) electrons. The molecule has 5 heteroatoms. The Kier molecular flexibility index (Phi) is 6.05. The summed E-state index contributed by atoms with van der Waals surface area (Å²) in [5.74, 6) is 1.03. The molecule has 0 aliphatic rings. The smallest absolute Gasteiger partial charge is 0.260 e. The fraction of sp³-hybridized carbons (Fsp3) is 0. The van der Waals surface area contributed by atoms with E-state index in [2.05, 4.69) is 118 Å². The number of para-hydroxylation sites is 4. The predicted molar refractivity (Wildman–Crippen MR) is 174 cm³/mol. The summed E-state index contributed by atoms with van der Waals surface area (Å²) in [6.07, 6.45) is 0. The van der Waals surface area contributed by atoms with E-state index in [1.165, 1.54) is 21.8 Å². The molecule has 0 spiro atoms. The number of hydrogen-bond acceptors (Lipinski definition) is 4. The molecule has 0 aliphatic heterocycles. The van der Waals surface area contributed by atoms with Crippen molar-refractivity contribution >= 4 is 38.9 Å². The second kappa shape index (κ2) is 10.5. The summed E-state index contributed by atoms with van der Waals surface area (Å²) in [4.78, 5) is 7.01. The van der Waals surface area contributed by atoms with Crippen molar-refractivity contribution in [1.82, 2.24) is 14.7 Å². The highest BCUT2D eigenvalue weighted by atomic mass is 16.5. The Labute approximate surface area is 248 Å². The van der Waals surface area contributed by atoms with Crippen LogP contribution in [0.5, 0.6) is 0 Å². The van der Waals surface area contributed by atoms with Crippen LogP contribution >= 0.6 is 0 Å². The second-order valence-electron chi connectivity index (χ2n) is 10.4. The average Bonchev–Trinajstić information content (AvgIpc) is 3.70. The van der Waals surface area contributed by atoms with Crippen LogP contribution in [0.3, 0.4) is 0 Å². The largest absolute Gasteiger partial charge is 0.334 e. The molecule has 0 atom stereocenters. The molecule has 2 aromatic heterocycles. The molecule has 8 rings (SSSR count). The molecule has 204 valence electrons. The van der Waals surface area contributed by atoms with Gasteiger partial charge in [0.1, 0.15) is 0 Å². The Morgan fingerprint density at radius 2 is 1.07 bits per heavy atom. The van der Waals surface area contributed by atoms with E-state index in [-0.39, 0.29) is 0 Å². The minimum Gasteiger partial charge on any atom is -0.334 e. The Morgan fingerprint density at radius 3 is 1.77 bits per heavy atom. The van der Waals surface area contributed by atoms with Crippen molar-refractivity contribution in [1.29, 1.82) is 0 Å². The third-order valence-electron chi connectivity index (χ3n) is 7.79. The number of fused-ring (bicyclic) bond motifs is 3. The molecule has 0 N–H and O–H groups in total. The first-order valence-corrected chi connectivity index (χ1v) is 14.3. The van der Waals surface area contributed by atoms with Gasteiger partial charge >= 0.3 is 0 Å². The van der Waals surface area contributed by atoms with E-state index in [0.717, 1.165) is 33.9 Å². The van der Waals surface area contributed by atoms with Gasteiger partial charge in [-0.1, -0.05) is 102 Å². The van der Waals surface area contributed by atoms with Crippen molar-refractivity contribution in [2.75, 3.05) is 4.90 Å². The highest BCUT2D eigenvalue weighted by molar-refractivity contribution is 6.09. The third-order valence-corrected chi connectivity index (χ3v) is 7.79. The van der Waals surface area contributed by atoms with Gasteiger partial charge in [-0.05, 0) is 60.7 Å². The van der Waals surface area contributed by atoms with Crippen molar-refractivity contribution in [3.63, 3.8) is 0 Å². The fourth-order valence-electron chi connectivity index (χ4n) is 5.84. The average molecular weight is 555 g/mol. The van der Waals surface area contributed by atoms with Crippen LogP contribution in [-0.4, -0.2) is 14.7 Å². The molecule has 8 aromatic rings. The third kappa shape index (κ3) is 4.35. The fourth-order valence-corrected chi connectivity index (χ4v) is 5.84. The zero-order valence-electron chi connectivity index (χ0n) is 23.2. The summed E-state index contributed by atoms with van der Waals surface area (Å²) < 4.78 is 8.16. The quantitative estimate of drug-likeness (QED) is 0.205. The van der Waals surface area contributed by atoms with Crippen LogP contribution in [0.1, 0.15) is 0 Å². The van der Waals surface area contributed by atoms with E-state index in [1.54, 1.807) is 0 Å². The predicted octanol–water partition coefficient (Wildman–Crippen LogP) is 9.97. The molecular weight excluding hydrogens is 528 g/mol. The highest BCUT2D eigenvalue weighted by Crippen LogP contribution is 2.41. The first-order chi connectivity index (χ1) is 21.3. The van der Waals surface area contributed by atoms with Gasteiger partial charge in [-0.3, -0.25) is 0 Å². The van der Waals surface area contributed by atoms with E-state index in [4.69, 9.17) is 9.51 Å². The topological polar surface area (TPSA) is 47.1 Å². The van der Waals surface area contributed by atoms with Crippen molar-refractivity contribution in [2.45, 2.75) is 0 Å². The second-order valence-corrected chi connectivity index (χ2v) is 10.4. The van der Waals surface area contributed by atoms with Gasteiger partial charge in [-0.2, -0.15) is 4.98 Å². The lowest BCUT2D eigenvalue weighted by Crippen LogP contribution is -2.11. The zero-order chi connectivity index (χ0) is 28.6. The summed E-state index contributed by atoms with van der Waals surface area (Å²) in [6.45, 7) is 0. The van der Waals surface area contributed by atoms with Crippen LogP contribution in [0.15, 0.2) is 162 Å². The molecule has 43 heavy (non-hydrogen) atoms. The Hall–Kier alpha value is -5.94. The maximum atomic E-state index is 5.83. The van der Waals surface area contributed by atoms with Crippen molar-refractivity contribution in [2.24, 2.45) is 0 Å². The van der Waals surface area contributed by atoms with Crippen LogP contribution in [-0.2, 0) is 0 Å². The molecule has 0 unspecified atom stereocenters. The van der Waals surface area contributed by atoms with Crippen LogP contribution in [0.4, 0.5) is 17.1 Å². The van der Waals surface area contributed by atoms with Crippen LogP contribution in [0.25, 0.3) is 50.3 Å². The number of nitrogens with zero attached hydrogens (tertiary/aromatic N) is 4. The number of rotatable bonds is 6. The standard InChI is InChI=1S/C38H26N4O/c1-3-13-27(14-4-1)37-39-38(43-40-37)33-19-9-12-22-36(33)41(28-15-5-2-6-16-28)29-23-25-30(26-24-29)42-34-20-10-7-17-31(34)32-18-8-11-21-35(32)42/h1-26H. The monoisotopic (exact) mass is 554 g/mol. The molecule has 0 fully saturated rings. The van der Waals surface area contributed by atoms with Gasteiger partial charge < -0.3 is 14.0 Å². The van der Waals surface area contributed by atoms with Gasteiger partial charge in [0.2, 0.25) is 5.82 Å². The molecule has 5 nitrogen and oxygen atoms in total. The summed E-state index contributed by atoms with van der Waals surface area (Å²) in [6, 6.07) is 54.3. The van der Waals surface area contributed by atoms with Crippen LogP contribution in [0, 0.1) is 0 Å². The number of hydrogen-bond donors (Lipinski definition) is 0. The molecule has 0 aliphatic carbocycles. The minimum atomic E-state index is 0.470. The molecular formula is C38H26N4O. The molecule has 0 saturated carbocycles. The molecule has 0 amide bonds. The normalized spacial score (nSPS) is 11.3. The summed E-state index contributed by atoms with van der Waals surface area (Å²) in [5, 5.41) is 6.78. The van der Waals surface area contributed by atoms with E-state index in [0.29, 0.717) is 11.7 Å². The Bertz CT molecular complexity index is 2130. The summed E-state index contributed by atoms with van der Waals surface area (Å²) in [5.41, 5.74) is 8.24. The van der Waals surface area contributed by atoms with Crippen LogP contribution in [0.2, 0.25) is 0 Å². The van der Waals surface area contributed by atoms with Gasteiger partial charge in [0, 0.05) is 33.4 Å². The summed E-state index contributed by atoms with van der Waals surface area (Å²) >= 11 is 0. The maximum Gasteiger partial charge on any atom is 0.260 e. The highest BCUT2D eigenvalue weighted by Gasteiger charge is 2.21. The lowest BCUT2D eigenvalue weighted by Gasteiger charge is -2.27. The molecule has 6 aromatic carbocycles. The Morgan fingerprint density at radius 1 is 0.512 bits per heavy atom. The Balaban J connectivity index is 1.25. The lowest BCUT2D eigenvalue weighted by atomic mass is 10.1. The first kappa shape index (κ1) is 24.8. The first-order valence-electron chi connectivity index (χ1n) is 14.3. The van der Waals surface area contributed by atoms with Gasteiger partial charge in [0.15, 0.2) is 0 Å². The van der Waals surface area contributed by atoms with Crippen molar-refractivity contribution in [3.8, 4) is 28.5 Å². The number of benzene rings is 6. The van der Waals surface area contributed by atoms with Gasteiger partial charge in [0.25, 0.3) is 5.89 Å². The van der Waals surface area contributed by atoms with E-state index in [9.17, 15) is 0 Å². The van der Waals surface area contributed by atoms with E-state index >= 15 is 0 Å². The van der Waals surface area contributed by atoms with Crippen molar-refractivity contribution in [3.05, 3.63) is 158 Å². The van der Waals surface area contributed by atoms with Gasteiger partial charge in [-0.15, -0.1) is 0 Å². The van der Waals surface area contributed by atoms with Crippen molar-refractivity contribution < 1.29 is 4.52 Å².